The van der Waals surface area contributed by atoms with Crippen molar-refractivity contribution >= 4 is 39.6 Å². The third kappa shape index (κ3) is 2.40. The van der Waals surface area contributed by atoms with Crippen molar-refractivity contribution in [3.63, 3.8) is 0 Å². The summed E-state index contributed by atoms with van der Waals surface area (Å²) in [5.41, 5.74) is 5.34. The summed E-state index contributed by atoms with van der Waals surface area (Å²) in [6.07, 6.45) is 1.80. The normalized spacial score (nSPS) is 11.7. The number of hydrogen-bond acceptors (Lipinski definition) is 5. The molecule has 4 heterocycles. The van der Waals surface area contributed by atoms with E-state index in [2.05, 4.69) is 25.0 Å². The first kappa shape index (κ1) is 15.5. The summed E-state index contributed by atoms with van der Waals surface area (Å²) >= 11 is 7.53. The average Bonchev–Trinajstić information content (AvgIpc) is 3.34. The maximum absolute atomic E-state index is 6.03. The Morgan fingerprint density at radius 1 is 1.12 bits per heavy atom. The molecule has 0 fully saturated rings. The lowest BCUT2D eigenvalue weighted by Gasteiger charge is -1.97. The minimum absolute atomic E-state index is 0.668. The van der Waals surface area contributed by atoms with Gasteiger partial charge in [0.2, 0.25) is 0 Å². The number of H-pyrrole nitrogens is 1. The third-order valence-electron chi connectivity index (χ3n) is 4.26. The van der Waals surface area contributed by atoms with Crippen molar-refractivity contribution < 1.29 is 0 Å². The highest BCUT2D eigenvalue weighted by atomic mass is 35.5. The topological polar surface area (TPSA) is 71.8 Å². The van der Waals surface area contributed by atoms with Gasteiger partial charge >= 0.3 is 0 Å². The van der Waals surface area contributed by atoms with Crippen LogP contribution in [0.4, 0.5) is 0 Å². The fourth-order valence-electron chi connectivity index (χ4n) is 2.92. The molecule has 0 atom stereocenters. The van der Waals surface area contributed by atoms with Crippen LogP contribution in [-0.4, -0.2) is 29.5 Å². The van der Waals surface area contributed by atoms with Gasteiger partial charge in [0.05, 0.1) is 31.6 Å². The van der Waals surface area contributed by atoms with Gasteiger partial charge in [-0.15, -0.1) is 16.4 Å². The van der Waals surface area contributed by atoms with Crippen LogP contribution in [0.15, 0.2) is 36.5 Å². The number of nitrogens with one attached hydrogen (secondary N) is 1. The van der Waals surface area contributed by atoms with E-state index in [4.69, 9.17) is 11.6 Å². The SMILES string of the molecule is Cc1ncc(C)n2nc(-c3ccc4nc(-c5ccc(Cl)s5)[nH]c4c3)nc12. The van der Waals surface area contributed by atoms with Crippen molar-refractivity contribution in [1.82, 2.24) is 29.5 Å². The number of imidazole rings is 1. The van der Waals surface area contributed by atoms with Gasteiger partial charge in [-0.3, -0.25) is 4.98 Å². The van der Waals surface area contributed by atoms with Gasteiger partial charge in [-0.2, -0.15) is 0 Å². The van der Waals surface area contributed by atoms with Crippen molar-refractivity contribution in [2.45, 2.75) is 13.8 Å². The number of hydrogen-bond donors (Lipinski definition) is 1. The molecule has 8 heteroatoms. The zero-order valence-electron chi connectivity index (χ0n) is 14.0. The maximum Gasteiger partial charge on any atom is 0.182 e. The maximum atomic E-state index is 6.03. The minimum atomic E-state index is 0.668. The molecule has 0 amide bonds. The molecule has 0 saturated heterocycles. The van der Waals surface area contributed by atoms with E-state index in [1.807, 2.05) is 48.7 Å². The summed E-state index contributed by atoms with van der Waals surface area (Å²) in [5.74, 6) is 1.48. The Bertz CT molecular complexity index is 1240. The molecule has 1 aromatic carbocycles. The molecule has 6 nitrogen and oxygen atoms in total. The number of thiophene rings is 1. The fourth-order valence-corrected chi connectivity index (χ4v) is 3.91. The van der Waals surface area contributed by atoms with Gasteiger partial charge in [0.25, 0.3) is 0 Å². The number of fused-ring (bicyclic) bond motifs is 2. The molecule has 0 aliphatic heterocycles. The predicted molar refractivity (Wildman–Crippen MR) is 104 cm³/mol. The number of halogens is 1. The molecule has 0 unspecified atom stereocenters. The number of nitrogens with zero attached hydrogens (tertiary/aromatic N) is 5. The van der Waals surface area contributed by atoms with E-state index < -0.39 is 0 Å². The second-order valence-corrected chi connectivity index (χ2v) is 7.79. The molecule has 0 aliphatic carbocycles. The van der Waals surface area contributed by atoms with Crippen LogP contribution >= 0.6 is 22.9 Å². The largest absolute Gasteiger partial charge is 0.337 e. The minimum Gasteiger partial charge on any atom is -0.337 e. The van der Waals surface area contributed by atoms with Crippen LogP contribution in [0.5, 0.6) is 0 Å². The van der Waals surface area contributed by atoms with Gasteiger partial charge in [0, 0.05) is 11.8 Å². The van der Waals surface area contributed by atoms with Gasteiger partial charge in [-0.05, 0) is 44.2 Å². The lowest BCUT2D eigenvalue weighted by Crippen LogP contribution is -1.97. The molecule has 1 N–H and O–H groups in total. The van der Waals surface area contributed by atoms with Crippen molar-refractivity contribution in [3.05, 3.63) is 52.3 Å². The molecule has 5 aromatic rings. The first-order valence-electron chi connectivity index (χ1n) is 8.03. The van der Waals surface area contributed by atoms with Crippen LogP contribution in [0, 0.1) is 13.8 Å². The highest BCUT2D eigenvalue weighted by Gasteiger charge is 2.13. The molecule has 4 aromatic heterocycles. The zero-order valence-corrected chi connectivity index (χ0v) is 15.6. The van der Waals surface area contributed by atoms with E-state index in [0.717, 1.165) is 48.7 Å². The summed E-state index contributed by atoms with van der Waals surface area (Å²) in [4.78, 5) is 18.0. The average molecular weight is 381 g/mol. The lowest BCUT2D eigenvalue weighted by molar-refractivity contribution is 0.891. The fraction of sp³-hybridized carbons (Fsp3) is 0.111. The highest BCUT2D eigenvalue weighted by molar-refractivity contribution is 7.19. The number of aromatic nitrogens is 6. The molecule has 0 spiro atoms. The van der Waals surface area contributed by atoms with Gasteiger partial charge in [-0.25, -0.2) is 14.5 Å². The number of benzene rings is 1. The second-order valence-electron chi connectivity index (χ2n) is 6.08. The highest BCUT2D eigenvalue weighted by Crippen LogP contribution is 2.31. The van der Waals surface area contributed by atoms with Crippen molar-refractivity contribution in [2.75, 3.05) is 0 Å². The van der Waals surface area contributed by atoms with Gasteiger partial charge < -0.3 is 4.98 Å². The van der Waals surface area contributed by atoms with E-state index in [0.29, 0.717) is 5.82 Å². The third-order valence-corrected chi connectivity index (χ3v) is 5.49. The molecule has 5 rings (SSSR count). The molecule has 0 saturated carbocycles. The Morgan fingerprint density at radius 3 is 2.77 bits per heavy atom. The monoisotopic (exact) mass is 380 g/mol. The molecule has 26 heavy (non-hydrogen) atoms. The second kappa shape index (κ2) is 5.62. The Kier molecular flexibility index (Phi) is 3.35. The number of rotatable bonds is 2. The standard InChI is InChI=1S/C18H13ClN6S/c1-9-8-20-10(2)18-23-16(24-25(9)18)11-3-4-12-13(7-11)22-17(21-12)14-5-6-15(19)26-14/h3-8H,1-2H3,(H,21,22). The number of aryl methyl sites for hydroxylation is 2. The summed E-state index contributed by atoms with van der Waals surface area (Å²) < 4.78 is 2.57. The summed E-state index contributed by atoms with van der Waals surface area (Å²) in [6, 6.07) is 9.83. The van der Waals surface area contributed by atoms with Crippen molar-refractivity contribution in [1.29, 1.82) is 0 Å². The number of aromatic amines is 1. The van der Waals surface area contributed by atoms with E-state index in [9.17, 15) is 0 Å². The predicted octanol–water partition coefficient (Wildman–Crippen LogP) is 4.67. The zero-order chi connectivity index (χ0) is 17.8. The Morgan fingerprint density at radius 2 is 2.00 bits per heavy atom. The van der Waals surface area contributed by atoms with E-state index in [-0.39, 0.29) is 0 Å². The molecule has 128 valence electrons. The van der Waals surface area contributed by atoms with Gasteiger partial charge in [0.15, 0.2) is 11.5 Å². The summed E-state index contributed by atoms with van der Waals surface area (Å²) in [6.45, 7) is 3.90. The quantitative estimate of drug-likeness (QED) is 0.483. The molecule has 0 aliphatic rings. The Hall–Kier alpha value is -2.77. The van der Waals surface area contributed by atoms with Crippen LogP contribution in [0.3, 0.4) is 0 Å². The first-order chi connectivity index (χ1) is 12.6. The van der Waals surface area contributed by atoms with Gasteiger partial charge in [-0.1, -0.05) is 11.6 Å². The van der Waals surface area contributed by atoms with Crippen molar-refractivity contribution in [2.24, 2.45) is 0 Å². The van der Waals surface area contributed by atoms with Crippen LogP contribution in [0.25, 0.3) is 38.8 Å². The van der Waals surface area contributed by atoms with E-state index in [1.54, 1.807) is 6.20 Å². The van der Waals surface area contributed by atoms with E-state index >= 15 is 0 Å². The van der Waals surface area contributed by atoms with E-state index in [1.165, 1.54) is 11.3 Å². The Labute approximate surface area is 157 Å². The molecule has 0 radical (unpaired) electrons. The van der Waals surface area contributed by atoms with Crippen LogP contribution in [0.2, 0.25) is 4.34 Å². The Balaban J connectivity index is 1.63. The van der Waals surface area contributed by atoms with Crippen LogP contribution < -0.4 is 0 Å². The first-order valence-corrected chi connectivity index (χ1v) is 9.23. The molecule has 0 bridgehead atoms. The van der Waals surface area contributed by atoms with Crippen LogP contribution in [-0.2, 0) is 0 Å². The lowest BCUT2D eigenvalue weighted by atomic mass is 10.2. The van der Waals surface area contributed by atoms with Crippen molar-refractivity contribution in [3.8, 4) is 22.1 Å². The van der Waals surface area contributed by atoms with Gasteiger partial charge in [0.1, 0.15) is 5.82 Å². The summed E-state index contributed by atoms with van der Waals surface area (Å²) in [7, 11) is 0. The summed E-state index contributed by atoms with van der Waals surface area (Å²) in [5, 5.41) is 4.63. The molecular formula is C18H13ClN6S. The molecular weight excluding hydrogens is 368 g/mol. The smallest absolute Gasteiger partial charge is 0.182 e. The van der Waals surface area contributed by atoms with Crippen LogP contribution in [0.1, 0.15) is 11.4 Å².